The number of nitrogens with zero attached hydrogens (tertiary/aromatic N) is 2. The highest BCUT2D eigenvalue weighted by molar-refractivity contribution is 8.14. The summed E-state index contributed by atoms with van der Waals surface area (Å²) in [5.74, 6) is 0. The van der Waals surface area contributed by atoms with E-state index in [1.54, 1.807) is 36.7 Å². The van der Waals surface area contributed by atoms with Crippen LogP contribution in [0.5, 0.6) is 0 Å². The molecule has 2 heterocycles. The Morgan fingerprint density at radius 1 is 0.760 bits per heavy atom. The average molecular weight is 372 g/mol. The number of pyridine rings is 2. The lowest BCUT2D eigenvalue weighted by atomic mass is 10.2. The number of benzene rings is 2. The van der Waals surface area contributed by atoms with Crippen LogP contribution in [0.4, 0.5) is 5.69 Å². The van der Waals surface area contributed by atoms with E-state index in [2.05, 4.69) is 9.97 Å². The van der Waals surface area contributed by atoms with Crippen LogP contribution in [0.1, 0.15) is 0 Å². The zero-order chi connectivity index (χ0) is 17.9. The summed E-state index contributed by atoms with van der Waals surface area (Å²) in [5, 5.41) is 1.57. The molecule has 0 aliphatic heterocycles. The molecule has 0 spiro atoms. The normalized spacial score (nSPS) is 11.1. The van der Waals surface area contributed by atoms with Gasteiger partial charge < -0.3 is 5.73 Å². The van der Waals surface area contributed by atoms with Crippen molar-refractivity contribution in [1.29, 1.82) is 0 Å². The third kappa shape index (κ3) is 3.87. The van der Waals surface area contributed by atoms with Crippen molar-refractivity contribution in [3.8, 4) is 0 Å². The first-order chi connectivity index (χ1) is 12.0. The number of nitrogen functional groups attached to an aromatic ring is 1. The Bertz CT molecular complexity index is 1140. The van der Waals surface area contributed by atoms with Crippen molar-refractivity contribution in [3.63, 3.8) is 0 Å². The van der Waals surface area contributed by atoms with Gasteiger partial charge in [-0.25, -0.2) is 8.42 Å². The van der Waals surface area contributed by atoms with Gasteiger partial charge in [0.15, 0.2) is 0 Å². The first-order valence-corrected chi connectivity index (χ1v) is 9.65. The molecule has 2 aromatic carbocycles. The van der Waals surface area contributed by atoms with Gasteiger partial charge >= 0.3 is 0 Å². The SMILES string of the molecule is Nc1cccc2ncccc12.O=S(=O)(Cl)c1cccc2ncccc12. The number of hydrogen-bond acceptors (Lipinski definition) is 5. The average Bonchev–Trinajstić information content (AvgIpc) is 2.61. The van der Waals surface area contributed by atoms with E-state index in [4.69, 9.17) is 16.4 Å². The molecule has 5 nitrogen and oxygen atoms in total. The Morgan fingerprint density at radius 3 is 1.92 bits per heavy atom. The molecule has 4 rings (SSSR count). The fraction of sp³-hybridized carbons (Fsp3) is 0. The molecule has 0 amide bonds. The van der Waals surface area contributed by atoms with Crippen molar-refractivity contribution in [1.82, 2.24) is 9.97 Å². The molecule has 0 bridgehead atoms. The van der Waals surface area contributed by atoms with Gasteiger partial charge in [0, 0.05) is 39.5 Å². The van der Waals surface area contributed by atoms with Crippen LogP contribution in [0.2, 0.25) is 0 Å². The van der Waals surface area contributed by atoms with Gasteiger partial charge in [-0.05, 0) is 48.5 Å². The molecule has 0 saturated heterocycles. The van der Waals surface area contributed by atoms with Crippen LogP contribution in [0.25, 0.3) is 21.8 Å². The zero-order valence-electron chi connectivity index (χ0n) is 13.0. The van der Waals surface area contributed by atoms with E-state index in [0.717, 1.165) is 16.6 Å². The summed E-state index contributed by atoms with van der Waals surface area (Å²) >= 11 is 0. The van der Waals surface area contributed by atoms with Gasteiger partial charge in [-0.3, -0.25) is 9.97 Å². The van der Waals surface area contributed by atoms with Crippen molar-refractivity contribution in [3.05, 3.63) is 73.1 Å². The zero-order valence-corrected chi connectivity index (χ0v) is 14.6. The van der Waals surface area contributed by atoms with E-state index in [-0.39, 0.29) is 4.90 Å². The van der Waals surface area contributed by atoms with Gasteiger partial charge in [0.05, 0.1) is 15.9 Å². The highest BCUT2D eigenvalue weighted by Gasteiger charge is 2.13. The lowest BCUT2D eigenvalue weighted by Crippen LogP contribution is -1.92. The van der Waals surface area contributed by atoms with Gasteiger partial charge in [0.1, 0.15) is 0 Å². The maximum atomic E-state index is 11.2. The molecule has 126 valence electrons. The van der Waals surface area contributed by atoms with E-state index in [1.165, 1.54) is 6.07 Å². The first-order valence-electron chi connectivity index (χ1n) is 7.34. The number of fused-ring (bicyclic) bond motifs is 2. The van der Waals surface area contributed by atoms with Crippen molar-refractivity contribution in [2.45, 2.75) is 4.90 Å². The number of aromatic nitrogens is 2. The minimum absolute atomic E-state index is 0.102. The van der Waals surface area contributed by atoms with E-state index < -0.39 is 9.05 Å². The van der Waals surface area contributed by atoms with Crippen molar-refractivity contribution in [2.24, 2.45) is 0 Å². The molecular formula is C18H14ClN3O2S. The monoisotopic (exact) mass is 371 g/mol. The second-order valence-electron chi connectivity index (χ2n) is 5.18. The molecule has 25 heavy (non-hydrogen) atoms. The Labute approximate surface area is 149 Å². The Kier molecular flexibility index (Phi) is 4.83. The second kappa shape index (κ2) is 7.04. The number of nitrogens with two attached hydrogens (primary N) is 1. The molecule has 2 aromatic heterocycles. The lowest BCUT2D eigenvalue weighted by Gasteiger charge is -2.00. The number of hydrogen-bond donors (Lipinski definition) is 1. The predicted molar refractivity (Wildman–Crippen MR) is 101 cm³/mol. The van der Waals surface area contributed by atoms with Crippen molar-refractivity contribution in [2.75, 3.05) is 5.73 Å². The van der Waals surface area contributed by atoms with Crippen molar-refractivity contribution < 1.29 is 8.42 Å². The number of rotatable bonds is 1. The van der Waals surface area contributed by atoms with Gasteiger partial charge in [-0.2, -0.15) is 0 Å². The van der Waals surface area contributed by atoms with Crippen LogP contribution in [0.3, 0.4) is 0 Å². The van der Waals surface area contributed by atoms with Crippen LogP contribution < -0.4 is 5.73 Å². The molecular weight excluding hydrogens is 358 g/mol. The van der Waals surface area contributed by atoms with Crippen LogP contribution in [0, 0.1) is 0 Å². The maximum absolute atomic E-state index is 11.2. The summed E-state index contributed by atoms with van der Waals surface area (Å²) in [4.78, 5) is 8.30. The summed E-state index contributed by atoms with van der Waals surface area (Å²) in [5.41, 5.74) is 8.07. The number of anilines is 1. The lowest BCUT2D eigenvalue weighted by molar-refractivity contribution is 0.610. The molecule has 0 atom stereocenters. The summed E-state index contributed by atoms with van der Waals surface area (Å²) in [7, 11) is 1.58. The first kappa shape index (κ1) is 17.1. The van der Waals surface area contributed by atoms with Crippen LogP contribution in [-0.2, 0) is 9.05 Å². The molecule has 0 saturated carbocycles. The topological polar surface area (TPSA) is 85.9 Å². The highest BCUT2D eigenvalue weighted by Crippen LogP contribution is 2.23. The van der Waals surface area contributed by atoms with Gasteiger partial charge in [-0.15, -0.1) is 0 Å². The molecule has 0 aliphatic rings. The van der Waals surface area contributed by atoms with Crippen LogP contribution >= 0.6 is 10.7 Å². The molecule has 7 heteroatoms. The number of halogens is 1. The molecule has 4 aromatic rings. The Hall–Kier alpha value is -2.70. The maximum Gasteiger partial charge on any atom is 0.261 e. The quantitative estimate of drug-likeness (QED) is 0.404. The largest absolute Gasteiger partial charge is 0.398 e. The van der Waals surface area contributed by atoms with Crippen LogP contribution in [-0.4, -0.2) is 18.4 Å². The molecule has 0 fully saturated rings. The third-order valence-electron chi connectivity index (χ3n) is 3.55. The molecule has 0 unspecified atom stereocenters. The Morgan fingerprint density at radius 2 is 1.32 bits per heavy atom. The van der Waals surface area contributed by atoms with E-state index >= 15 is 0 Å². The minimum Gasteiger partial charge on any atom is -0.398 e. The van der Waals surface area contributed by atoms with Gasteiger partial charge in [0.2, 0.25) is 0 Å². The smallest absolute Gasteiger partial charge is 0.261 e. The second-order valence-corrected chi connectivity index (χ2v) is 7.72. The summed E-state index contributed by atoms with van der Waals surface area (Å²) in [6, 6.07) is 17.8. The minimum atomic E-state index is -3.70. The van der Waals surface area contributed by atoms with Crippen LogP contribution in [0.15, 0.2) is 78.0 Å². The van der Waals surface area contributed by atoms with E-state index in [0.29, 0.717) is 10.9 Å². The van der Waals surface area contributed by atoms with Gasteiger partial charge in [0.25, 0.3) is 9.05 Å². The Balaban J connectivity index is 0.000000150. The summed E-state index contributed by atoms with van der Waals surface area (Å²) in [6.07, 6.45) is 3.37. The molecule has 0 aliphatic carbocycles. The fourth-order valence-corrected chi connectivity index (χ4v) is 3.49. The van der Waals surface area contributed by atoms with E-state index in [1.807, 2.05) is 30.3 Å². The van der Waals surface area contributed by atoms with Crippen molar-refractivity contribution >= 4 is 47.2 Å². The summed E-state index contributed by atoms with van der Waals surface area (Å²) in [6.45, 7) is 0. The fourth-order valence-electron chi connectivity index (χ4n) is 2.41. The predicted octanol–water partition coefficient (Wildman–Crippen LogP) is 3.98. The standard InChI is InChI=1S/C9H6ClNO2S.C9H8N2/c10-14(12,13)9-5-1-4-8-7(9)3-2-6-11-8;10-8-4-1-5-9-7(8)3-2-6-11-9/h1-6H;1-6H,10H2. The summed E-state index contributed by atoms with van der Waals surface area (Å²) < 4.78 is 22.4. The highest BCUT2D eigenvalue weighted by atomic mass is 35.7. The third-order valence-corrected chi connectivity index (χ3v) is 4.93. The molecule has 0 radical (unpaired) electrons. The van der Waals surface area contributed by atoms with E-state index in [9.17, 15) is 8.42 Å². The molecule has 2 N–H and O–H groups in total. The van der Waals surface area contributed by atoms with Gasteiger partial charge in [-0.1, -0.05) is 12.1 Å².